The Balaban J connectivity index is 2.27. The van der Waals surface area contributed by atoms with Gasteiger partial charge in [-0.2, -0.15) is 0 Å². The first-order chi connectivity index (χ1) is 26.9. The van der Waals surface area contributed by atoms with E-state index in [0.717, 1.165) is 51.4 Å². The van der Waals surface area contributed by atoms with Gasteiger partial charge in [0, 0.05) is 13.0 Å². The molecule has 1 heterocycles. The molecule has 6 unspecified atom stereocenters. The quantitative estimate of drug-likeness (QED) is 0.0274. The van der Waals surface area contributed by atoms with E-state index in [4.69, 9.17) is 18.9 Å². The van der Waals surface area contributed by atoms with Crippen LogP contribution < -0.4 is 0 Å². The lowest BCUT2D eigenvalue weighted by Crippen LogP contribution is -2.59. The standard InChI is InChI=1S/C46H84O9/c1-3-5-7-9-11-13-15-17-19-20-21-22-24-26-28-30-32-34-36-52-38-40(39-53-46-45(51)44(50)43(49)41(37-47)55-46)54-42(48)35-33-31-29-27-25-23-18-16-14-12-10-8-6-4-2/h11,13,16-19,40-41,43-47,49-51H,3-10,12,14-15,20-39H2,1-2H3/b13-11-,18-16-,19-17-. The predicted molar refractivity (Wildman–Crippen MR) is 224 cm³/mol. The molecule has 1 aliphatic rings. The van der Waals surface area contributed by atoms with Crippen LogP contribution in [-0.4, -0.2) is 89.6 Å². The molecular weight excluding hydrogens is 696 g/mol. The Morgan fingerprint density at radius 1 is 0.582 bits per heavy atom. The van der Waals surface area contributed by atoms with Gasteiger partial charge in [0.2, 0.25) is 0 Å². The number of carbonyl (C=O) groups excluding carboxylic acids is 1. The Kier molecular flexibility index (Phi) is 35.5. The van der Waals surface area contributed by atoms with Crippen LogP contribution in [0.5, 0.6) is 0 Å². The summed E-state index contributed by atoms with van der Waals surface area (Å²) < 4.78 is 22.8. The maximum atomic E-state index is 12.8. The molecule has 0 aromatic heterocycles. The number of hydrogen-bond donors (Lipinski definition) is 4. The summed E-state index contributed by atoms with van der Waals surface area (Å²) in [5.41, 5.74) is 0. The number of aliphatic hydroxyl groups is 4. The van der Waals surface area contributed by atoms with Gasteiger partial charge in [-0.3, -0.25) is 4.79 Å². The van der Waals surface area contributed by atoms with E-state index in [0.29, 0.717) is 13.0 Å². The van der Waals surface area contributed by atoms with Crippen molar-refractivity contribution < 1.29 is 44.2 Å². The van der Waals surface area contributed by atoms with E-state index in [2.05, 4.69) is 50.3 Å². The molecule has 0 bridgehead atoms. The van der Waals surface area contributed by atoms with Crippen molar-refractivity contribution in [1.82, 2.24) is 0 Å². The van der Waals surface area contributed by atoms with Crippen LogP contribution in [0.3, 0.4) is 0 Å². The zero-order valence-electron chi connectivity index (χ0n) is 35.2. The largest absolute Gasteiger partial charge is 0.457 e. The number of hydrogen-bond acceptors (Lipinski definition) is 9. The van der Waals surface area contributed by atoms with Gasteiger partial charge in [-0.05, 0) is 70.6 Å². The van der Waals surface area contributed by atoms with Gasteiger partial charge in [0.25, 0.3) is 0 Å². The van der Waals surface area contributed by atoms with Crippen molar-refractivity contribution in [2.24, 2.45) is 0 Å². The first-order valence-electron chi connectivity index (χ1n) is 22.6. The summed E-state index contributed by atoms with van der Waals surface area (Å²) in [6.45, 7) is 4.51. The van der Waals surface area contributed by atoms with Gasteiger partial charge in [0.1, 0.15) is 30.5 Å². The van der Waals surface area contributed by atoms with E-state index in [-0.39, 0.29) is 19.2 Å². The first-order valence-corrected chi connectivity index (χ1v) is 22.6. The molecular formula is C46H84O9. The van der Waals surface area contributed by atoms with Crippen LogP contribution in [0.2, 0.25) is 0 Å². The molecule has 4 N–H and O–H groups in total. The third-order valence-corrected chi connectivity index (χ3v) is 10.3. The minimum absolute atomic E-state index is 0.118. The second-order valence-electron chi connectivity index (χ2n) is 15.5. The van der Waals surface area contributed by atoms with E-state index >= 15 is 0 Å². The van der Waals surface area contributed by atoms with Crippen molar-refractivity contribution in [3.05, 3.63) is 36.5 Å². The number of allylic oxidation sites excluding steroid dienone is 6. The molecule has 0 radical (unpaired) electrons. The average molecular weight is 781 g/mol. The van der Waals surface area contributed by atoms with Gasteiger partial charge < -0.3 is 39.4 Å². The smallest absolute Gasteiger partial charge is 0.306 e. The van der Waals surface area contributed by atoms with Crippen molar-refractivity contribution in [1.29, 1.82) is 0 Å². The number of unbranched alkanes of at least 4 members (excludes halogenated alkanes) is 21. The summed E-state index contributed by atoms with van der Waals surface area (Å²) >= 11 is 0. The van der Waals surface area contributed by atoms with Gasteiger partial charge in [-0.25, -0.2) is 0 Å². The SMILES string of the molecule is CCCCC/C=C\C/C=C\CCCCCCCCCCOCC(COC1OC(CO)C(O)C(O)C1O)OC(=O)CCCCCCC/C=C\CCCCCCC. The van der Waals surface area contributed by atoms with Crippen LogP contribution in [0.15, 0.2) is 36.5 Å². The van der Waals surface area contributed by atoms with Crippen molar-refractivity contribution in [2.75, 3.05) is 26.4 Å². The van der Waals surface area contributed by atoms with Crippen molar-refractivity contribution >= 4 is 5.97 Å². The van der Waals surface area contributed by atoms with Crippen molar-refractivity contribution in [3.8, 4) is 0 Å². The average Bonchev–Trinajstić information content (AvgIpc) is 3.18. The fourth-order valence-electron chi connectivity index (χ4n) is 6.69. The highest BCUT2D eigenvalue weighted by Gasteiger charge is 2.44. The highest BCUT2D eigenvalue weighted by atomic mass is 16.7. The molecule has 322 valence electrons. The maximum absolute atomic E-state index is 12.8. The van der Waals surface area contributed by atoms with E-state index in [1.807, 2.05) is 0 Å². The third kappa shape index (κ3) is 29.3. The Hall–Kier alpha value is -1.59. The molecule has 0 saturated carbocycles. The Morgan fingerprint density at radius 2 is 1.05 bits per heavy atom. The van der Waals surface area contributed by atoms with Gasteiger partial charge in [-0.15, -0.1) is 0 Å². The fourth-order valence-corrected chi connectivity index (χ4v) is 6.69. The molecule has 9 nitrogen and oxygen atoms in total. The Labute approximate surface area is 336 Å². The van der Waals surface area contributed by atoms with Crippen LogP contribution in [0.1, 0.15) is 187 Å². The first kappa shape index (κ1) is 51.4. The van der Waals surface area contributed by atoms with Crippen molar-refractivity contribution in [2.45, 2.75) is 224 Å². The molecule has 0 amide bonds. The normalized spacial score (nSPS) is 21.0. The van der Waals surface area contributed by atoms with E-state index in [1.165, 1.54) is 116 Å². The maximum Gasteiger partial charge on any atom is 0.306 e. The molecule has 1 aliphatic heterocycles. The molecule has 1 fully saturated rings. The summed E-state index contributed by atoms with van der Waals surface area (Å²) in [5.74, 6) is -0.325. The zero-order chi connectivity index (χ0) is 40.0. The van der Waals surface area contributed by atoms with Crippen LogP contribution in [-0.2, 0) is 23.7 Å². The van der Waals surface area contributed by atoms with Crippen LogP contribution in [0.4, 0.5) is 0 Å². The van der Waals surface area contributed by atoms with E-state index < -0.39 is 43.4 Å². The van der Waals surface area contributed by atoms with E-state index in [9.17, 15) is 25.2 Å². The second-order valence-corrected chi connectivity index (χ2v) is 15.5. The lowest BCUT2D eigenvalue weighted by atomic mass is 9.99. The highest BCUT2D eigenvalue weighted by molar-refractivity contribution is 5.69. The minimum atomic E-state index is -1.54. The van der Waals surface area contributed by atoms with Crippen LogP contribution >= 0.6 is 0 Å². The van der Waals surface area contributed by atoms with Crippen LogP contribution in [0, 0.1) is 0 Å². The zero-order valence-corrected chi connectivity index (χ0v) is 35.2. The lowest BCUT2D eigenvalue weighted by molar-refractivity contribution is -0.305. The van der Waals surface area contributed by atoms with Gasteiger partial charge in [0.05, 0.1) is 19.8 Å². The number of carbonyl (C=O) groups is 1. The summed E-state index contributed by atoms with van der Waals surface area (Å²) in [7, 11) is 0. The summed E-state index contributed by atoms with van der Waals surface area (Å²) in [6, 6.07) is 0. The molecule has 0 aliphatic carbocycles. The second kappa shape index (κ2) is 38.0. The van der Waals surface area contributed by atoms with Gasteiger partial charge in [-0.1, -0.05) is 147 Å². The third-order valence-electron chi connectivity index (χ3n) is 10.3. The van der Waals surface area contributed by atoms with Gasteiger partial charge >= 0.3 is 5.97 Å². The monoisotopic (exact) mass is 781 g/mol. The highest BCUT2D eigenvalue weighted by Crippen LogP contribution is 2.22. The Morgan fingerprint density at radius 3 is 1.62 bits per heavy atom. The Bertz CT molecular complexity index is 936. The van der Waals surface area contributed by atoms with Crippen LogP contribution in [0.25, 0.3) is 0 Å². The number of esters is 1. The summed E-state index contributed by atoms with van der Waals surface area (Å²) in [5, 5.41) is 40.1. The molecule has 0 aromatic rings. The van der Waals surface area contributed by atoms with E-state index in [1.54, 1.807) is 0 Å². The number of rotatable bonds is 38. The summed E-state index contributed by atoms with van der Waals surface area (Å²) in [4.78, 5) is 12.8. The number of ether oxygens (including phenoxy) is 4. The molecule has 0 spiro atoms. The molecule has 6 atom stereocenters. The van der Waals surface area contributed by atoms with Gasteiger partial charge in [0.15, 0.2) is 6.29 Å². The molecule has 1 rings (SSSR count). The minimum Gasteiger partial charge on any atom is -0.457 e. The summed E-state index contributed by atoms with van der Waals surface area (Å²) in [6.07, 6.45) is 37.3. The predicted octanol–water partition coefficient (Wildman–Crippen LogP) is 9.97. The molecule has 9 heteroatoms. The topological polar surface area (TPSA) is 135 Å². The van der Waals surface area contributed by atoms with Crippen molar-refractivity contribution in [3.63, 3.8) is 0 Å². The fraction of sp³-hybridized carbons (Fsp3) is 0.848. The molecule has 0 aromatic carbocycles. The molecule has 55 heavy (non-hydrogen) atoms. The molecule has 1 saturated heterocycles. The lowest BCUT2D eigenvalue weighted by Gasteiger charge is -2.39. The number of aliphatic hydroxyl groups excluding tert-OH is 4.